The van der Waals surface area contributed by atoms with Crippen molar-refractivity contribution in [2.45, 2.75) is 19.8 Å². The fraction of sp³-hybridized carbons (Fsp3) is 0.273. The minimum Gasteiger partial charge on any atom is -0.311 e. The van der Waals surface area contributed by atoms with Gasteiger partial charge in [-0.05, 0) is 18.6 Å². The highest BCUT2D eigenvalue weighted by Gasteiger charge is 2.08. The first-order valence-corrected chi connectivity index (χ1v) is 4.44. The van der Waals surface area contributed by atoms with E-state index in [1.54, 1.807) is 0 Å². The normalized spacial score (nSPS) is 9.69. The van der Waals surface area contributed by atoms with Crippen LogP contribution in [0.1, 0.15) is 19.8 Å². The minimum absolute atomic E-state index is 0.0636. The molecule has 1 rings (SSSR count). The second-order valence-corrected chi connectivity index (χ2v) is 2.91. The first kappa shape index (κ1) is 9.78. The van der Waals surface area contributed by atoms with Gasteiger partial charge in [-0.1, -0.05) is 25.1 Å². The van der Waals surface area contributed by atoms with E-state index >= 15 is 0 Å². The Morgan fingerprint density at radius 3 is 2.54 bits per heavy atom. The third kappa shape index (κ3) is 2.58. The molecule has 0 aliphatic rings. The van der Waals surface area contributed by atoms with Gasteiger partial charge in [0.1, 0.15) is 0 Å². The smallest absolute Gasteiger partial charge is 0.227 e. The van der Waals surface area contributed by atoms with E-state index in [0.29, 0.717) is 6.42 Å². The van der Waals surface area contributed by atoms with E-state index in [1.807, 2.05) is 37.3 Å². The number of nitrogens with zero attached hydrogens (tertiary/aromatic N) is 1. The summed E-state index contributed by atoms with van der Waals surface area (Å²) in [6.45, 7) is 1.98. The van der Waals surface area contributed by atoms with E-state index < -0.39 is 0 Å². The second-order valence-electron chi connectivity index (χ2n) is 2.91. The van der Waals surface area contributed by atoms with Crippen molar-refractivity contribution in [1.29, 1.82) is 0 Å². The zero-order valence-electron chi connectivity index (χ0n) is 7.86. The van der Waals surface area contributed by atoms with Gasteiger partial charge in [0.25, 0.3) is 0 Å². The van der Waals surface area contributed by atoms with Gasteiger partial charge < -0.3 is 4.90 Å². The highest BCUT2D eigenvalue weighted by Crippen LogP contribution is 2.13. The summed E-state index contributed by atoms with van der Waals surface area (Å²) in [5.74, 6) is 0.0636. The standard InChI is InChI=1S/C11H14NO/c1-3-7-11(13)12(2)10-8-5-4-6-9-10/h4-6,8-9H,2-3,7H2,1H3. The lowest BCUT2D eigenvalue weighted by Crippen LogP contribution is -2.23. The van der Waals surface area contributed by atoms with Gasteiger partial charge >= 0.3 is 0 Å². The molecular weight excluding hydrogens is 162 g/mol. The van der Waals surface area contributed by atoms with Gasteiger partial charge in [0.05, 0.1) is 0 Å². The molecule has 0 heterocycles. The lowest BCUT2D eigenvalue weighted by Gasteiger charge is -2.16. The Morgan fingerprint density at radius 1 is 1.38 bits per heavy atom. The zero-order valence-corrected chi connectivity index (χ0v) is 7.86. The molecule has 69 valence electrons. The molecule has 0 atom stereocenters. The molecule has 0 saturated heterocycles. The highest BCUT2D eigenvalue weighted by molar-refractivity contribution is 5.93. The number of anilines is 1. The summed E-state index contributed by atoms with van der Waals surface area (Å²) in [6.07, 6.45) is 1.41. The SMILES string of the molecule is [CH2]N(C(=O)CCC)c1ccccc1. The number of carbonyl (C=O) groups is 1. The number of amides is 1. The third-order valence-electron chi connectivity index (χ3n) is 1.83. The van der Waals surface area contributed by atoms with E-state index in [2.05, 4.69) is 7.05 Å². The van der Waals surface area contributed by atoms with Crippen molar-refractivity contribution < 1.29 is 4.79 Å². The Kier molecular flexibility index (Phi) is 3.50. The van der Waals surface area contributed by atoms with E-state index in [4.69, 9.17) is 0 Å². The molecule has 2 nitrogen and oxygen atoms in total. The molecule has 0 aliphatic carbocycles. The van der Waals surface area contributed by atoms with Crippen molar-refractivity contribution in [3.8, 4) is 0 Å². The number of carbonyl (C=O) groups excluding carboxylic acids is 1. The molecule has 0 fully saturated rings. The Labute approximate surface area is 79.2 Å². The van der Waals surface area contributed by atoms with Crippen molar-refractivity contribution in [2.75, 3.05) is 4.90 Å². The average Bonchev–Trinajstić information content (AvgIpc) is 2.18. The highest BCUT2D eigenvalue weighted by atomic mass is 16.2. The summed E-state index contributed by atoms with van der Waals surface area (Å²) in [6, 6.07) is 9.46. The number of para-hydroxylation sites is 1. The predicted octanol–water partition coefficient (Wildman–Crippen LogP) is 2.61. The van der Waals surface area contributed by atoms with Crippen LogP contribution in [-0.4, -0.2) is 5.91 Å². The van der Waals surface area contributed by atoms with E-state index in [9.17, 15) is 4.79 Å². The molecule has 0 saturated carbocycles. The number of hydrogen-bond acceptors (Lipinski definition) is 1. The van der Waals surface area contributed by atoms with Gasteiger partial charge in [-0.2, -0.15) is 0 Å². The van der Waals surface area contributed by atoms with Crippen molar-refractivity contribution >= 4 is 11.6 Å². The fourth-order valence-electron chi connectivity index (χ4n) is 1.10. The van der Waals surface area contributed by atoms with Gasteiger partial charge in [-0.25, -0.2) is 0 Å². The first-order chi connectivity index (χ1) is 6.25. The number of hydrogen-bond donors (Lipinski definition) is 0. The van der Waals surface area contributed by atoms with Gasteiger partial charge in [0, 0.05) is 19.2 Å². The van der Waals surface area contributed by atoms with E-state index in [-0.39, 0.29) is 5.91 Å². The van der Waals surface area contributed by atoms with Crippen LogP contribution in [0.2, 0.25) is 0 Å². The van der Waals surface area contributed by atoms with Crippen LogP contribution in [0.4, 0.5) is 5.69 Å². The molecule has 0 aliphatic heterocycles. The topological polar surface area (TPSA) is 20.3 Å². The zero-order chi connectivity index (χ0) is 9.68. The lowest BCUT2D eigenvalue weighted by atomic mass is 10.2. The summed E-state index contributed by atoms with van der Waals surface area (Å²) < 4.78 is 0. The lowest BCUT2D eigenvalue weighted by molar-refractivity contribution is -0.118. The summed E-state index contributed by atoms with van der Waals surface area (Å²) in [5.41, 5.74) is 0.848. The maximum Gasteiger partial charge on any atom is 0.227 e. The quantitative estimate of drug-likeness (QED) is 0.693. The molecule has 0 N–H and O–H groups in total. The van der Waals surface area contributed by atoms with Crippen LogP contribution in [0.5, 0.6) is 0 Å². The molecule has 13 heavy (non-hydrogen) atoms. The van der Waals surface area contributed by atoms with Crippen molar-refractivity contribution in [1.82, 2.24) is 0 Å². The molecule has 2 heteroatoms. The molecule has 1 aromatic rings. The maximum atomic E-state index is 11.4. The van der Waals surface area contributed by atoms with Crippen LogP contribution in [0.15, 0.2) is 30.3 Å². The summed E-state index contributed by atoms with van der Waals surface area (Å²) in [4.78, 5) is 12.9. The maximum absolute atomic E-state index is 11.4. The predicted molar refractivity (Wildman–Crippen MR) is 54.2 cm³/mol. The molecular formula is C11H14NO. The molecule has 0 aromatic heterocycles. The first-order valence-electron chi connectivity index (χ1n) is 4.44. The average molecular weight is 176 g/mol. The summed E-state index contributed by atoms with van der Waals surface area (Å²) >= 11 is 0. The van der Waals surface area contributed by atoms with Crippen molar-refractivity contribution in [3.05, 3.63) is 37.4 Å². The third-order valence-corrected chi connectivity index (χ3v) is 1.83. The number of benzene rings is 1. The minimum atomic E-state index is 0.0636. The fourth-order valence-corrected chi connectivity index (χ4v) is 1.10. The van der Waals surface area contributed by atoms with Crippen LogP contribution in [0.25, 0.3) is 0 Å². The van der Waals surface area contributed by atoms with Crippen molar-refractivity contribution in [2.24, 2.45) is 0 Å². The van der Waals surface area contributed by atoms with Crippen LogP contribution in [0, 0.1) is 7.05 Å². The Hall–Kier alpha value is -1.31. The summed E-state index contributed by atoms with van der Waals surface area (Å²) in [7, 11) is 3.71. The summed E-state index contributed by atoms with van der Waals surface area (Å²) in [5, 5.41) is 0. The Bertz CT molecular complexity index is 269. The van der Waals surface area contributed by atoms with Gasteiger partial charge in [0.15, 0.2) is 0 Å². The molecule has 0 bridgehead atoms. The molecule has 1 aromatic carbocycles. The van der Waals surface area contributed by atoms with E-state index in [0.717, 1.165) is 12.1 Å². The van der Waals surface area contributed by atoms with Crippen LogP contribution >= 0.6 is 0 Å². The molecule has 0 unspecified atom stereocenters. The van der Waals surface area contributed by atoms with Crippen LogP contribution in [-0.2, 0) is 4.79 Å². The second kappa shape index (κ2) is 4.65. The van der Waals surface area contributed by atoms with Crippen molar-refractivity contribution in [3.63, 3.8) is 0 Å². The monoisotopic (exact) mass is 176 g/mol. The Balaban J connectivity index is 2.68. The van der Waals surface area contributed by atoms with Gasteiger partial charge in [-0.15, -0.1) is 0 Å². The number of rotatable bonds is 3. The van der Waals surface area contributed by atoms with Gasteiger partial charge in [-0.3, -0.25) is 4.79 Å². The molecule has 1 radical (unpaired) electrons. The van der Waals surface area contributed by atoms with Crippen LogP contribution < -0.4 is 4.90 Å². The molecule has 0 spiro atoms. The van der Waals surface area contributed by atoms with Gasteiger partial charge in [0.2, 0.25) is 5.91 Å². The van der Waals surface area contributed by atoms with Crippen LogP contribution in [0.3, 0.4) is 0 Å². The van der Waals surface area contributed by atoms with E-state index in [1.165, 1.54) is 4.90 Å². The molecule has 1 amide bonds. The largest absolute Gasteiger partial charge is 0.311 e. The Morgan fingerprint density at radius 2 is 2.00 bits per heavy atom.